The molecule has 0 unspecified atom stereocenters. The summed E-state index contributed by atoms with van der Waals surface area (Å²) in [5.41, 5.74) is 0. The van der Waals surface area contributed by atoms with Gasteiger partial charge < -0.3 is 14.6 Å². The molecule has 92 valence electrons. The van der Waals surface area contributed by atoms with Gasteiger partial charge in [0, 0.05) is 6.42 Å². The fourth-order valence-electron chi connectivity index (χ4n) is 2.46. The summed E-state index contributed by atoms with van der Waals surface area (Å²) < 4.78 is 4.97. The zero-order chi connectivity index (χ0) is 12.0. The monoisotopic (exact) mass is 228 g/mol. The number of ether oxygens (including phenoxy) is 1. The average Bonchev–Trinajstić information content (AvgIpc) is 2.26. The van der Waals surface area contributed by atoms with Crippen LogP contribution in [0.2, 0.25) is 0 Å². The normalized spacial score (nSPS) is 29.8. The molecule has 1 aliphatic rings. The molecule has 4 heteroatoms. The Hall–Kier alpha value is -0.900. The molecule has 0 spiro atoms. The van der Waals surface area contributed by atoms with Crippen LogP contribution in [0.3, 0.4) is 0 Å². The average molecular weight is 228 g/mol. The molecule has 1 rings (SSSR count). The maximum absolute atomic E-state index is 11.7. The first-order valence-corrected chi connectivity index (χ1v) is 5.99. The van der Waals surface area contributed by atoms with Crippen molar-refractivity contribution < 1.29 is 19.4 Å². The van der Waals surface area contributed by atoms with Crippen LogP contribution in [-0.2, 0) is 14.3 Å². The lowest BCUT2D eigenvalue weighted by Gasteiger charge is -2.33. The number of aliphatic hydroxyl groups excluding tert-OH is 1. The van der Waals surface area contributed by atoms with Gasteiger partial charge in [-0.05, 0) is 32.1 Å². The minimum atomic E-state index is -0.607. The van der Waals surface area contributed by atoms with Gasteiger partial charge in [-0.25, -0.2) is 0 Å². The largest absolute Gasteiger partial charge is 0.466 e. The lowest BCUT2D eigenvalue weighted by molar-refractivity contribution is -0.157. The summed E-state index contributed by atoms with van der Waals surface area (Å²) in [6, 6.07) is 0. The van der Waals surface area contributed by atoms with Crippen molar-refractivity contribution in [3.8, 4) is 0 Å². The third-order valence-electron chi connectivity index (χ3n) is 3.21. The van der Waals surface area contributed by atoms with Crippen LogP contribution < -0.4 is 0 Å². The van der Waals surface area contributed by atoms with Crippen molar-refractivity contribution in [1.82, 2.24) is 0 Å². The van der Waals surface area contributed by atoms with Gasteiger partial charge in [0.2, 0.25) is 0 Å². The second-order valence-electron chi connectivity index (χ2n) is 4.28. The third kappa shape index (κ3) is 3.30. The first-order chi connectivity index (χ1) is 7.70. The van der Waals surface area contributed by atoms with Crippen molar-refractivity contribution in [2.24, 2.45) is 11.8 Å². The van der Waals surface area contributed by atoms with Gasteiger partial charge in [-0.2, -0.15) is 0 Å². The van der Waals surface area contributed by atoms with Crippen LogP contribution in [-0.4, -0.2) is 30.1 Å². The zero-order valence-electron chi connectivity index (χ0n) is 9.72. The van der Waals surface area contributed by atoms with Gasteiger partial charge >= 0.3 is 5.97 Å². The molecule has 3 atom stereocenters. The van der Waals surface area contributed by atoms with E-state index in [-0.39, 0.29) is 11.9 Å². The number of hydrogen-bond donors (Lipinski definition) is 1. The topological polar surface area (TPSA) is 63.6 Å². The van der Waals surface area contributed by atoms with Gasteiger partial charge in [0.15, 0.2) is 0 Å². The molecule has 4 nitrogen and oxygen atoms in total. The Morgan fingerprint density at radius 3 is 2.88 bits per heavy atom. The molecular weight excluding hydrogens is 208 g/mol. The fraction of sp³-hybridized carbons (Fsp3) is 0.833. The second kappa shape index (κ2) is 6.63. The molecule has 0 aromatic rings. The van der Waals surface area contributed by atoms with E-state index in [4.69, 9.17) is 4.74 Å². The number of hydrogen-bond acceptors (Lipinski definition) is 4. The van der Waals surface area contributed by atoms with Crippen LogP contribution in [0.5, 0.6) is 0 Å². The van der Waals surface area contributed by atoms with Gasteiger partial charge in [0.05, 0.1) is 18.6 Å². The van der Waals surface area contributed by atoms with Crippen molar-refractivity contribution in [1.29, 1.82) is 0 Å². The highest BCUT2D eigenvalue weighted by Crippen LogP contribution is 2.34. The summed E-state index contributed by atoms with van der Waals surface area (Å²) in [6.07, 6.45) is 3.85. The molecule has 1 fully saturated rings. The highest BCUT2D eigenvalue weighted by atomic mass is 16.5. The Morgan fingerprint density at radius 2 is 2.25 bits per heavy atom. The summed E-state index contributed by atoms with van der Waals surface area (Å²) >= 11 is 0. The highest BCUT2D eigenvalue weighted by molar-refractivity contribution is 5.73. The van der Waals surface area contributed by atoms with E-state index in [1.165, 1.54) is 0 Å². The highest BCUT2D eigenvalue weighted by Gasteiger charge is 2.37. The Kier molecular flexibility index (Phi) is 5.46. The molecule has 0 saturated heterocycles. The van der Waals surface area contributed by atoms with E-state index in [1.807, 2.05) is 0 Å². The van der Waals surface area contributed by atoms with Gasteiger partial charge in [-0.1, -0.05) is 6.42 Å². The van der Waals surface area contributed by atoms with Gasteiger partial charge in [0.1, 0.15) is 6.29 Å². The maximum atomic E-state index is 11.7. The smallest absolute Gasteiger partial charge is 0.311 e. The van der Waals surface area contributed by atoms with Gasteiger partial charge in [-0.3, -0.25) is 4.79 Å². The Balaban J connectivity index is 2.62. The van der Waals surface area contributed by atoms with E-state index in [0.717, 1.165) is 19.1 Å². The molecule has 16 heavy (non-hydrogen) atoms. The second-order valence-corrected chi connectivity index (χ2v) is 4.28. The predicted molar refractivity (Wildman–Crippen MR) is 58.8 cm³/mol. The van der Waals surface area contributed by atoms with Crippen LogP contribution >= 0.6 is 0 Å². The van der Waals surface area contributed by atoms with Crippen LogP contribution in [0, 0.1) is 11.8 Å². The molecule has 0 radical (unpaired) electrons. The SMILES string of the molecule is CCOC(=O)[C@@H]1[C@@H](CCC=O)CCC[C@@H]1O. The number of esters is 1. The third-order valence-corrected chi connectivity index (χ3v) is 3.21. The van der Waals surface area contributed by atoms with Crippen LogP contribution in [0.25, 0.3) is 0 Å². The lowest BCUT2D eigenvalue weighted by Crippen LogP contribution is -2.39. The molecule has 0 aliphatic heterocycles. The van der Waals surface area contributed by atoms with Crippen molar-refractivity contribution in [3.05, 3.63) is 0 Å². The summed E-state index contributed by atoms with van der Waals surface area (Å²) in [6.45, 7) is 2.09. The van der Waals surface area contributed by atoms with Crippen LogP contribution in [0.15, 0.2) is 0 Å². The van der Waals surface area contributed by atoms with Crippen molar-refractivity contribution in [2.75, 3.05) is 6.61 Å². The molecule has 0 aromatic heterocycles. The summed E-state index contributed by atoms with van der Waals surface area (Å²) in [4.78, 5) is 22.1. The minimum absolute atomic E-state index is 0.0907. The molecule has 1 saturated carbocycles. The standard InChI is InChI=1S/C12H20O4/c1-2-16-12(15)11-9(6-4-8-13)5-3-7-10(11)14/h8-11,14H,2-7H2,1H3/t9-,10+,11-/m1/s1. The number of aldehydes is 1. The molecule has 0 heterocycles. The van der Waals surface area contributed by atoms with Gasteiger partial charge in [-0.15, -0.1) is 0 Å². The van der Waals surface area contributed by atoms with Crippen molar-refractivity contribution in [2.45, 2.75) is 45.1 Å². The zero-order valence-corrected chi connectivity index (χ0v) is 9.72. The van der Waals surface area contributed by atoms with E-state index < -0.39 is 12.0 Å². The molecule has 1 N–H and O–H groups in total. The van der Waals surface area contributed by atoms with E-state index in [1.54, 1.807) is 6.92 Å². The number of carbonyl (C=O) groups is 2. The molecule has 0 bridgehead atoms. The van der Waals surface area contributed by atoms with E-state index in [9.17, 15) is 14.7 Å². The molecule has 0 amide bonds. The van der Waals surface area contributed by atoms with E-state index in [2.05, 4.69) is 0 Å². The Labute approximate surface area is 96.0 Å². The predicted octanol–water partition coefficient (Wildman–Crippen LogP) is 1.31. The number of carbonyl (C=O) groups excluding carboxylic acids is 2. The number of rotatable bonds is 5. The lowest BCUT2D eigenvalue weighted by atomic mass is 9.75. The summed E-state index contributed by atoms with van der Waals surface area (Å²) in [5.74, 6) is -0.660. The first-order valence-electron chi connectivity index (χ1n) is 5.99. The number of aliphatic hydroxyl groups is 1. The van der Waals surface area contributed by atoms with Crippen LogP contribution in [0.4, 0.5) is 0 Å². The first kappa shape index (κ1) is 13.2. The quantitative estimate of drug-likeness (QED) is 0.569. The summed E-state index contributed by atoms with van der Waals surface area (Å²) in [7, 11) is 0. The van der Waals surface area contributed by atoms with Gasteiger partial charge in [0.25, 0.3) is 0 Å². The Bertz CT molecular complexity index is 239. The Morgan fingerprint density at radius 1 is 1.50 bits per heavy atom. The summed E-state index contributed by atoms with van der Waals surface area (Å²) in [5, 5.41) is 9.85. The van der Waals surface area contributed by atoms with Crippen LogP contribution in [0.1, 0.15) is 39.0 Å². The maximum Gasteiger partial charge on any atom is 0.311 e. The van der Waals surface area contributed by atoms with E-state index in [0.29, 0.717) is 25.9 Å². The minimum Gasteiger partial charge on any atom is -0.466 e. The molecular formula is C12H20O4. The molecule has 0 aromatic carbocycles. The fourth-order valence-corrected chi connectivity index (χ4v) is 2.46. The van der Waals surface area contributed by atoms with E-state index >= 15 is 0 Å². The van der Waals surface area contributed by atoms with Crippen molar-refractivity contribution in [3.63, 3.8) is 0 Å². The van der Waals surface area contributed by atoms with Crippen molar-refractivity contribution >= 4 is 12.3 Å². The molecule has 1 aliphatic carbocycles.